The average molecular weight is 68.1 g/mol. The fourth-order valence-corrected chi connectivity index (χ4v) is 0.228. The molecule has 1 heterocycles. The number of hydrazone groups is 1. The van der Waals surface area contributed by atoms with Crippen LogP contribution in [0.3, 0.4) is 0 Å². The summed E-state index contributed by atoms with van der Waals surface area (Å²) in [5.74, 6) is 0. The Balaban J connectivity index is 2.32. The van der Waals surface area contributed by atoms with Gasteiger partial charge in [0.05, 0.1) is 0 Å². The van der Waals surface area contributed by atoms with Gasteiger partial charge < -0.3 is 0 Å². The fraction of sp³-hybridized carbons (Fsp3) is 0.333. The normalized spacial score (nSPS) is 19.2. The maximum atomic E-state index is 3.60. The summed E-state index contributed by atoms with van der Waals surface area (Å²) in [7, 11) is 0. The van der Waals surface area contributed by atoms with Gasteiger partial charge in [-0.2, -0.15) is 5.10 Å². The fourth-order valence-electron chi connectivity index (χ4n) is 0.228. The van der Waals surface area contributed by atoms with Crippen molar-refractivity contribution in [3.05, 3.63) is 6.54 Å². The SMILES string of the molecule is [C]1CC=NN1. The zero-order chi connectivity index (χ0) is 3.54. The topological polar surface area (TPSA) is 24.4 Å². The summed E-state index contributed by atoms with van der Waals surface area (Å²) in [6.45, 7) is 2.75. The van der Waals surface area contributed by atoms with Crippen LogP contribution in [0, 0.1) is 6.54 Å². The first-order valence-electron chi connectivity index (χ1n) is 1.49. The Morgan fingerprint density at radius 2 is 3.00 bits per heavy atom. The number of rotatable bonds is 0. The zero-order valence-electron chi connectivity index (χ0n) is 2.73. The lowest BCUT2D eigenvalue weighted by atomic mass is 10.5. The largest absolute Gasteiger partial charge is 0.299 e. The highest BCUT2D eigenvalue weighted by Gasteiger charge is 1.85. The van der Waals surface area contributed by atoms with Crippen LogP contribution in [0.4, 0.5) is 0 Å². The molecule has 1 aliphatic rings. The van der Waals surface area contributed by atoms with Crippen LogP contribution in [0.2, 0.25) is 0 Å². The molecule has 0 aliphatic carbocycles. The van der Waals surface area contributed by atoms with Crippen LogP contribution >= 0.6 is 0 Å². The summed E-state index contributed by atoms with van der Waals surface area (Å²) in [5.41, 5.74) is 2.54. The summed E-state index contributed by atoms with van der Waals surface area (Å²) in [4.78, 5) is 0. The molecular weight excluding hydrogens is 64.0 g/mol. The molecule has 0 saturated heterocycles. The molecule has 1 rings (SSSR count). The third-order valence-electron chi connectivity index (χ3n) is 0.428. The van der Waals surface area contributed by atoms with E-state index in [9.17, 15) is 0 Å². The van der Waals surface area contributed by atoms with Gasteiger partial charge in [-0.15, -0.1) is 0 Å². The monoisotopic (exact) mass is 68.0 g/mol. The third-order valence-corrected chi connectivity index (χ3v) is 0.428. The first kappa shape index (κ1) is 2.69. The predicted octanol–water partition coefficient (Wildman–Crippen LogP) is 0.00429. The van der Waals surface area contributed by atoms with Crippen LogP contribution in [0.1, 0.15) is 6.42 Å². The standard InChI is InChI=1S/C3H4N2/c1-2-4-5-3-1/h2,5H,1H2. The molecule has 2 radical (unpaired) electrons. The molecule has 0 aromatic rings. The van der Waals surface area contributed by atoms with E-state index >= 15 is 0 Å². The highest BCUT2D eigenvalue weighted by atomic mass is 15.3. The molecule has 26 valence electrons. The molecule has 2 heteroatoms. The molecule has 0 spiro atoms. The van der Waals surface area contributed by atoms with E-state index in [2.05, 4.69) is 17.1 Å². The van der Waals surface area contributed by atoms with Gasteiger partial charge in [0.2, 0.25) is 0 Å². The highest BCUT2D eigenvalue weighted by Crippen LogP contribution is 1.82. The van der Waals surface area contributed by atoms with Gasteiger partial charge in [-0.25, -0.2) is 0 Å². The Morgan fingerprint density at radius 1 is 2.00 bits per heavy atom. The molecule has 2 nitrogen and oxygen atoms in total. The van der Waals surface area contributed by atoms with Gasteiger partial charge in [-0.1, -0.05) is 0 Å². The second-order valence-electron chi connectivity index (χ2n) is 0.804. The van der Waals surface area contributed by atoms with E-state index in [1.807, 2.05) is 0 Å². The van der Waals surface area contributed by atoms with Crippen LogP contribution in [0.25, 0.3) is 0 Å². The van der Waals surface area contributed by atoms with Crippen LogP contribution in [-0.4, -0.2) is 6.21 Å². The molecule has 0 aromatic heterocycles. The van der Waals surface area contributed by atoms with Gasteiger partial charge in [-0.3, -0.25) is 5.43 Å². The molecule has 1 aliphatic heterocycles. The number of hydrogen-bond donors (Lipinski definition) is 1. The second-order valence-corrected chi connectivity index (χ2v) is 0.804. The molecule has 0 atom stereocenters. The van der Waals surface area contributed by atoms with Crippen molar-refractivity contribution in [3.63, 3.8) is 0 Å². The Kier molecular flexibility index (Phi) is 0.571. The van der Waals surface area contributed by atoms with Gasteiger partial charge in [0, 0.05) is 12.6 Å². The molecule has 0 amide bonds. The minimum atomic E-state index is 0.847. The number of nitrogens with one attached hydrogen (secondary N) is 1. The molecule has 0 aromatic carbocycles. The molecular formula is C3H4N2. The van der Waals surface area contributed by atoms with Crippen LogP contribution in [0.15, 0.2) is 5.10 Å². The van der Waals surface area contributed by atoms with E-state index in [1.54, 1.807) is 6.21 Å². The van der Waals surface area contributed by atoms with Gasteiger partial charge in [0.1, 0.15) is 6.54 Å². The Morgan fingerprint density at radius 3 is 3.20 bits per heavy atom. The molecule has 0 saturated carbocycles. The maximum absolute atomic E-state index is 3.60. The molecule has 5 heavy (non-hydrogen) atoms. The lowest BCUT2D eigenvalue weighted by molar-refractivity contribution is 0.918. The summed E-state index contributed by atoms with van der Waals surface area (Å²) >= 11 is 0. The average Bonchev–Trinajstić information content (AvgIpc) is 1.76. The predicted molar refractivity (Wildman–Crippen MR) is 19.5 cm³/mol. The van der Waals surface area contributed by atoms with Gasteiger partial charge in [0.25, 0.3) is 0 Å². The first-order chi connectivity index (χ1) is 2.50. The van der Waals surface area contributed by atoms with Crippen molar-refractivity contribution < 1.29 is 0 Å². The highest BCUT2D eigenvalue weighted by molar-refractivity contribution is 5.60. The van der Waals surface area contributed by atoms with Crippen molar-refractivity contribution in [2.45, 2.75) is 6.42 Å². The van der Waals surface area contributed by atoms with Crippen molar-refractivity contribution in [2.24, 2.45) is 5.10 Å². The van der Waals surface area contributed by atoms with Crippen molar-refractivity contribution in [1.29, 1.82) is 0 Å². The van der Waals surface area contributed by atoms with Crippen molar-refractivity contribution in [3.8, 4) is 0 Å². The smallest absolute Gasteiger partial charge is 0.114 e. The van der Waals surface area contributed by atoms with Crippen LogP contribution in [0.5, 0.6) is 0 Å². The number of hydrogen-bond acceptors (Lipinski definition) is 2. The molecule has 0 unspecified atom stereocenters. The first-order valence-corrected chi connectivity index (χ1v) is 1.49. The van der Waals surface area contributed by atoms with Crippen molar-refractivity contribution in [1.82, 2.24) is 5.43 Å². The summed E-state index contributed by atoms with van der Waals surface area (Å²) in [5, 5.41) is 3.60. The minimum Gasteiger partial charge on any atom is -0.299 e. The third kappa shape index (κ3) is 0.375. The van der Waals surface area contributed by atoms with Gasteiger partial charge in [-0.05, 0) is 0 Å². The summed E-state index contributed by atoms with van der Waals surface area (Å²) < 4.78 is 0. The van der Waals surface area contributed by atoms with E-state index in [0.717, 1.165) is 6.42 Å². The van der Waals surface area contributed by atoms with E-state index in [1.165, 1.54) is 0 Å². The summed E-state index contributed by atoms with van der Waals surface area (Å²) in [6, 6.07) is 0. The van der Waals surface area contributed by atoms with Crippen molar-refractivity contribution in [2.75, 3.05) is 0 Å². The second kappa shape index (κ2) is 1.06. The molecule has 0 fully saturated rings. The summed E-state index contributed by atoms with van der Waals surface area (Å²) in [6.07, 6.45) is 2.61. The van der Waals surface area contributed by atoms with E-state index in [4.69, 9.17) is 0 Å². The van der Waals surface area contributed by atoms with Gasteiger partial charge in [0.15, 0.2) is 0 Å². The van der Waals surface area contributed by atoms with E-state index < -0.39 is 0 Å². The van der Waals surface area contributed by atoms with E-state index in [0.29, 0.717) is 0 Å². The Bertz CT molecular complexity index is 42.9. The minimum absolute atomic E-state index is 0.847. The Labute approximate surface area is 30.9 Å². The van der Waals surface area contributed by atoms with E-state index in [-0.39, 0.29) is 0 Å². The Hall–Kier alpha value is -0.530. The quantitative estimate of drug-likeness (QED) is 0.424. The van der Waals surface area contributed by atoms with Crippen LogP contribution < -0.4 is 5.43 Å². The lowest BCUT2D eigenvalue weighted by Gasteiger charge is -1.73. The lowest BCUT2D eigenvalue weighted by Crippen LogP contribution is -1.88. The maximum Gasteiger partial charge on any atom is 0.114 e. The molecule has 1 N–H and O–H groups in total. The van der Waals surface area contributed by atoms with Gasteiger partial charge >= 0.3 is 0 Å². The zero-order valence-corrected chi connectivity index (χ0v) is 2.73. The van der Waals surface area contributed by atoms with Crippen molar-refractivity contribution >= 4 is 6.21 Å². The van der Waals surface area contributed by atoms with Crippen LogP contribution in [-0.2, 0) is 0 Å². The number of nitrogens with zero attached hydrogens (tertiary/aromatic N) is 1. The molecule has 0 bridgehead atoms.